The molecule has 0 bridgehead atoms. The van der Waals surface area contributed by atoms with Gasteiger partial charge < -0.3 is 18.3 Å². The fourth-order valence-corrected chi connectivity index (χ4v) is 9.82. The number of esters is 2. The van der Waals surface area contributed by atoms with Gasteiger partial charge in [0.25, 0.3) is 0 Å². The highest BCUT2D eigenvalue weighted by Gasteiger charge is 2.39. The van der Waals surface area contributed by atoms with Crippen molar-refractivity contribution in [3.8, 4) is 0 Å². The van der Waals surface area contributed by atoms with E-state index in [9.17, 15) is 9.59 Å². The van der Waals surface area contributed by atoms with Gasteiger partial charge in [0.2, 0.25) is 8.32 Å². The Labute approximate surface area is 141 Å². The van der Waals surface area contributed by atoms with E-state index in [1.165, 1.54) is 7.11 Å². The molecule has 0 radical (unpaired) electrons. The molecule has 0 aliphatic carbocycles. The maximum Gasteiger partial charge on any atom is 0.331 e. The maximum atomic E-state index is 11.7. The molecule has 6 nitrogen and oxygen atoms in total. The number of ether oxygens (including phenoxy) is 3. The lowest BCUT2D eigenvalue weighted by Crippen LogP contribution is -2.54. The minimum absolute atomic E-state index is 0.119. The average Bonchev–Trinajstić information content (AvgIpc) is 2.41. The van der Waals surface area contributed by atoms with Gasteiger partial charge in [-0.25, -0.2) is 9.59 Å². The maximum absolute atomic E-state index is 11.7. The molecule has 8 heteroatoms. The van der Waals surface area contributed by atoms with Gasteiger partial charge in [-0.1, -0.05) is 6.92 Å². The summed E-state index contributed by atoms with van der Waals surface area (Å²) < 4.78 is 21.8. The topological polar surface area (TPSA) is 71.1 Å². The van der Waals surface area contributed by atoms with Crippen molar-refractivity contribution in [2.75, 3.05) is 20.3 Å². The van der Waals surface area contributed by atoms with Crippen molar-refractivity contribution in [3.63, 3.8) is 0 Å². The van der Waals surface area contributed by atoms with Crippen LogP contribution in [0.2, 0.25) is 32.7 Å². The molecule has 0 spiro atoms. The van der Waals surface area contributed by atoms with Gasteiger partial charge in [0.1, 0.15) is 12.3 Å². The van der Waals surface area contributed by atoms with E-state index >= 15 is 0 Å². The Morgan fingerprint density at radius 2 is 1.61 bits per heavy atom. The predicted molar refractivity (Wildman–Crippen MR) is 94.1 cm³/mol. The van der Waals surface area contributed by atoms with E-state index in [-0.39, 0.29) is 12.3 Å². The summed E-state index contributed by atoms with van der Waals surface area (Å²) in [4.78, 5) is 22.6. The molecule has 0 aromatic rings. The van der Waals surface area contributed by atoms with Crippen LogP contribution >= 0.6 is 0 Å². The summed E-state index contributed by atoms with van der Waals surface area (Å²) >= 11 is 0. The fraction of sp³-hybridized carbons (Fsp3) is 0.733. The van der Waals surface area contributed by atoms with Crippen molar-refractivity contribution in [1.29, 1.82) is 0 Å². The normalized spacial score (nSPS) is 13.9. The molecule has 0 aliphatic heterocycles. The van der Waals surface area contributed by atoms with E-state index in [0.717, 1.165) is 18.6 Å². The standard InChI is InChI=1S/C15H30O6Si2/c1-8-11-19-15(23(6,7)21-22(3,4)5)12-20-14(17)10-9-13(16)18-2/h9-10,15H,8,11-12H2,1-7H3. The number of carbonyl (C=O) groups excluding carboxylic acids is 2. The lowest BCUT2D eigenvalue weighted by atomic mass is 10.5. The van der Waals surface area contributed by atoms with Crippen LogP contribution in [0.5, 0.6) is 0 Å². The summed E-state index contributed by atoms with van der Waals surface area (Å²) in [6.07, 6.45) is 2.96. The van der Waals surface area contributed by atoms with Gasteiger partial charge in [-0.05, 0) is 39.2 Å². The van der Waals surface area contributed by atoms with Crippen LogP contribution in [0.4, 0.5) is 0 Å². The largest absolute Gasteiger partial charge is 0.466 e. The monoisotopic (exact) mass is 362 g/mol. The zero-order valence-electron chi connectivity index (χ0n) is 15.3. The van der Waals surface area contributed by atoms with E-state index in [4.69, 9.17) is 13.6 Å². The molecular weight excluding hydrogens is 332 g/mol. The minimum Gasteiger partial charge on any atom is -0.466 e. The number of hydrogen-bond donors (Lipinski definition) is 0. The third kappa shape index (κ3) is 10.4. The number of rotatable bonds is 10. The second kappa shape index (κ2) is 10.0. The molecule has 0 heterocycles. The molecule has 0 saturated heterocycles. The molecule has 1 atom stereocenters. The first-order valence-electron chi connectivity index (χ1n) is 7.76. The average molecular weight is 363 g/mol. The van der Waals surface area contributed by atoms with Crippen LogP contribution in [0.15, 0.2) is 12.2 Å². The number of hydrogen-bond acceptors (Lipinski definition) is 6. The molecule has 0 fully saturated rings. The summed E-state index contributed by atoms with van der Waals surface area (Å²) in [5, 5.41) is 0. The third-order valence-electron chi connectivity index (χ3n) is 2.80. The number of carbonyl (C=O) groups is 2. The Kier molecular flexibility index (Phi) is 9.59. The smallest absolute Gasteiger partial charge is 0.331 e. The van der Waals surface area contributed by atoms with E-state index in [0.29, 0.717) is 6.61 Å². The van der Waals surface area contributed by atoms with Gasteiger partial charge >= 0.3 is 11.9 Å². The molecule has 0 amide bonds. The van der Waals surface area contributed by atoms with Crippen molar-refractivity contribution in [1.82, 2.24) is 0 Å². The summed E-state index contributed by atoms with van der Waals surface area (Å²) in [5.41, 5.74) is -0.246. The SMILES string of the molecule is CCCOC(COC(=O)C=CC(=O)OC)[Si](C)(C)O[Si](C)(C)C. The van der Waals surface area contributed by atoms with Crippen molar-refractivity contribution in [2.45, 2.75) is 51.8 Å². The molecule has 134 valence electrons. The molecular formula is C15H30O6Si2. The minimum atomic E-state index is -2.18. The van der Waals surface area contributed by atoms with E-state index in [1.807, 2.05) is 6.92 Å². The number of methoxy groups -OCH3 is 1. The third-order valence-corrected chi connectivity index (χ3v) is 9.24. The van der Waals surface area contributed by atoms with Crippen LogP contribution in [-0.4, -0.2) is 54.6 Å². The van der Waals surface area contributed by atoms with Crippen molar-refractivity contribution in [3.05, 3.63) is 12.2 Å². The van der Waals surface area contributed by atoms with Gasteiger partial charge in [-0.15, -0.1) is 0 Å². The first-order chi connectivity index (χ1) is 10.5. The molecule has 0 N–H and O–H groups in total. The quantitative estimate of drug-likeness (QED) is 0.338. The Bertz CT molecular complexity index is 415. The molecule has 0 aromatic heterocycles. The first kappa shape index (κ1) is 22.0. The Balaban J connectivity index is 4.76. The lowest BCUT2D eigenvalue weighted by molar-refractivity contribution is -0.141. The van der Waals surface area contributed by atoms with Crippen LogP contribution in [0.1, 0.15) is 13.3 Å². The van der Waals surface area contributed by atoms with Gasteiger partial charge in [0.15, 0.2) is 8.32 Å². The summed E-state index contributed by atoms with van der Waals surface area (Å²) in [5.74, 6) is -1.20. The van der Waals surface area contributed by atoms with E-state index in [2.05, 4.69) is 37.5 Å². The lowest BCUT2D eigenvalue weighted by Gasteiger charge is -2.37. The van der Waals surface area contributed by atoms with Crippen LogP contribution in [-0.2, 0) is 27.9 Å². The fourth-order valence-electron chi connectivity index (χ4n) is 1.97. The van der Waals surface area contributed by atoms with Crippen LogP contribution in [0.3, 0.4) is 0 Å². The van der Waals surface area contributed by atoms with Crippen LogP contribution in [0.25, 0.3) is 0 Å². The van der Waals surface area contributed by atoms with Gasteiger partial charge in [0.05, 0.1) is 7.11 Å². The molecule has 0 aromatic carbocycles. The highest BCUT2D eigenvalue weighted by Crippen LogP contribution is 2.20. The summed E-state index contributed by atoms with van der Waals surface area (Å²) in [7, 11) is -2.65. The summed E-state index contributed by atoms with van der Waals surface area (Å²) in [6, 6.07) is 0. The molecule has 0 saturated carbocycles. The van der Waals surface area contributed by atoms with Crippen LogP contribution < -0.4 is 0 Å². The Morgan fingerprint density at radius 1 is 1.04 bits per heavy atom. The van der Waals surface area contributed by atoms with Gasteiger partial charge in [-0.3, -0.25) is 0 Å². The first-order valence-corrected chi connectivity index (χ1v) is 14.2. The summed E-state index contributed by atoms with van der Waals surface area (Å²) in [6.45, 7) is 13.3. The van der Waals surface area contributed by atoms with Crippen molar-refractivity contribution in [2.24, 2.45) is 0 Å². The molecule has 0 aliphatic rings. The molecule has 0 rings (SSSR count). The second-order valence-corrected chi connectivity index (χ2v) is 15.6. The van der Waals surface area contributed by atoms with E-state index in [1.54, 1.807) is 0 Å². The van der Waals surface area contributed by atoms with Crippen molar-refractivity contribution >= 4 is 28.6 Å². The second-order valence-electron chi connectivity index (χ2n) is 6.66. The van der Waals surface area contributed by atoms with Gasteiger partial charge in [0, 0.05) is 18.8 Å². The highest BCUT2D eigenvalue weighted by molar-refractivity contribution is 6.84. The Morgan fingerprint density at radius 3 is 2.09 bits per heavy atom. The Hall–Kier alpha value is -0.966. The molecule has 1 unspecified atom stereocenters. The van der Waals surface area contributed by atoms with Crippen molar-refractivity contribution < 1.29 is 27.9 Å². The predicted octanol–water partition coefficient (Wildman–Crippen LogP) is 2.65. The zero-order chi connectivity index (χ0) is 18.1. The van der Waals surface area contributed by atoms with Crippen LogP contribution in [0, 0.1) is 0 Å². The highest BCUT2D eigenvalue weighted by atomic mass is 28.4. The van der Waals surface area contributed by atoms with Gasteiger partial charge in [-0.2, -0.15) is 0 Å². The molecule has 23 heavy (non-hydrogen) atoms. The zero-order valence-corrected chi connectivity index (χ0v) is 17.3. The van der Waals surface area contributed by atoms with E-state index < -0.39 is 28.6 Å².